The van der Waals surface area contributed by atoms with Crippen LogP contribution in [-0.2, 0) is 16.1 Å². The number of thiophene rings is 1. The van der Waals surface area contributed by atoms with Gasteiger partial charge in [0, 0.05) is 42.7 Å². The lowest BCUT2D eigenvalue weighted by Gasteiger charge is -2.34. The van der Waals surface area contributed by atoms with Gasteiger partial charge in [-0.15, -0.1) is 0 Å². The molecule has 0 radical (unpaired) electrons. The fourth-order valence-electron chi connectivity index (χ4n) is 2.89. The number of carboxylic acid groups (broad SMARTS) is 2. The van der Waals surface area contributed by atoms with Crippen molar-refractivity contribution in [2.24, 2.45) is 0 Å². The molecule has 1 aliphatic heterocycles. The van der Waals surface area contributed by atoms with Gasteiger partial charge in [0.25, 0.3) is 5.91 Å². The Morgan fingerprint density at radius 1 is 1.00 bits per heavy atom. The van der Waals surface area contributed by atoms with E-state index in [1.165, 1.54) is 0 Å². The summed E-state index contributed by atoms with van der Waals surface area (Å²) < 4.78 is 5.36. The van der Waals surface area contributed by atoms with E-state index in [4.69, 9.17) is 24.3 Å². The first-order valence-corrected chi connectivity index (χ1v) is 10.3. The van der Waals surface area contributed by atoms with Crippen LogP contribution in [0.2, 0.25) is 0 Å². The smallest absolute Gasteiger partial charge is 0.414 e. The van der Waals surface area contributed by atoms with E-state index in [0.29, 0.717) is 31.3 Å². The van der Waals surface area contributed by atoms with Crippen LogP contribution in [0.1, 0.15) is 16.2 Å². The number of carbonyl (C=O) groups is 3. The number of carboxylic acids is 2. The van der Waals surface area contributed by atoms with Crippen LogP contribution in [0, 0.1) is 0 Å². The molecule has 0 spiro atoms. The van der Waals surface area contributed by atoms with Crippen LogP contribution in [0.4, 0.5) is 0 Å². The number of aliphatic carboxylic acids is 2. The highest BCUT2D eigenvalue weighted by molar-refractivity contribution is 7.08. The molecule has 2 aromatic heterocycles. The minimum absolute atomic E-state index is 0.0952. The number of hydrogen-bond donors (Lipinski definition) is 2. The summed E-state index contributed by atoms with van der Waals surface area (Å²) in [5.41, 5.74) is 1.73. The molecule has 3 heterocycles. The first-order valence-electron chi connectivity index (χ1n) is 9.32. The molecular formula is C20H20N4O6S. The Hall–Kier alpha value is -3.57. The van der Waals surface area contributed by atoms with E-state index in [1.54, 1.807) is 11.3 Å². The third-order valence-corrected chi connectivity index (χ3v) is 5.15. The summed E-state index contributed by atoms with van der Waals surface area (Å²) in [6.07, 6.45) is 0. The van der Waals surface area contributed by atoms with Gasteiger partial charge in [-0.2, -0.15) is 16.3 Å². The molecule has 1 amide bonds. The zero-order valence-corrected chi connectivity index (χ0v) is 17.2. The summed E-state index contributed by atoms with van der Waals surface area (Å²) >= 11 is 1.61. The van der Waals surface area contributed by atoms with Crippen LogP contribution in [-0.4, -0.2) is 74.2 Å². The molecular weight excluding hydrogens is 424 g/mol. The predicted octanol–water partition coefficient (Wildman–Crippen LogP) is 1.91. The van der Waals surface area contributed by atoms with E-state index in [1.807, 2.05) is 52.1 Å². The fourth-order valence-corrected chi connectivity index (χ4v) is 3.53. The second-order valence-electron chi connectivity index (χ2n) is 6.57. The van der Waals surface area contributed by atoms with Crippen LogP contribution in [0.3, 0.4) is 0 Å². The molecule has 1 fully saturated rings. The van der Waals surface area contributed by atoms with Crippen LogP contribution in [0.25, 0.3) is 11.4 Å². The zero-order chi connectivity index (χ0) is 22.2. The summed E-state index contributed by atoms with van der Waals surface area (Å²) in [5.74, 6) is -2.30. The van der Waals surface area contributed by atoms with Crippen molar-refractivity contribution in [3.63, 3.8) is 0 Å². The molecule has 0 saturated carbocycles. The van der Waals surface area contributed by atoms with Gasteiger partial charge < -0.3 is 19.6 Å². The van der Waals surface area contributed by atoms with E-state index in [2.05, 4.69) is 15.0 Å². The second-order valence-corrected chi connectivity index (χ2v) is 7.35. The average Bonchev–Trinajstić information content (AvgIpc) is 3.47. The molecule has 4 rings (SSSR count). The van der Waals surface area contributed by atoms with Gasteiger partial charge in [-0.05, 0) is 23.6 Å². The quantitative estimate of drug-likeness (QED) is 0.578. The maximum Gasteiger partial charge on any atom is 0.414 e. The minimum Gasteiger partial charge on any atom is -0.473 e. The highest BCUT2D eigenvalue weighted by atomic mass is 32.1. The van der Waals surface area contributed by atoms with E-state index in [9.17, 15) is 4.79 Å². The summed E-state index contributed by atoms with van der Waals surface area (Å²) in [5, 5.41) is 22.8. The molecule has 0 aliphatic carbocycles. The first-order chi connectivity index (χ1) is 14.9. The number of benzene rings is 1. The molecule has 1 aliphatic rings. The average molecular weight is 444 g/mol. The van der Waals surface area contributed by atoms with Crippen molar-refractivity contribution in [2.45, 2.75) is 6.54 Å². The number of hydrogen-bond acceptors (Lipinski definition) is 8. The number of nitrogens with zero attached hydrogens (tertiary/aromatic N) is 4. The molecule has 0 bridgehead atoms. The maximum absolute atomic E-state index is 12.5. The number of amides is 1. The van der Waals surface area contributed by atoms with Crippen LogP contribution < -0.4 is 0 Å². The largest absolute Gasteiger partial charge is 0.473 e. The maximum atomic E-state index is 12.5. The SMILES string of the molecule is O=C(O)C(=O)O.O=C(c1ccccc1)N1CCN(Cc2nc(-c3ccsc3)no2)CC1. The molecule has 31 heavy (non-hydrogen) atoms. The molecule has 0 unspecified atom stereocenters. The standard InChI is InChI=1S/C18H18N4O2S.C2H2O4/c23-18(14-4-2-1-3-5-14)22-9-7-21(8-10-22)12-16-19-17(20-24-16)15-6-11-25-13-15;3-1(4)2(5)6/h1-6,11,13H,7-10,12H2;(H,3,4)(H,5,6). The number of rotatable bonds is 4. The van der Waals surface area contributed by atoms with Gasteiger partial charge in [0.15, 0.2) is 0 Å². The topological polar surface area (TPSA) is 137 Å². The van der Waals surface area contributed by atoms with E-state index >= 15 is 0 Å². The van der Waals surface area contributed by atoms with Crippen molar-refractivity contribution < 1.29 is 29.1 Å². The molecule has 1 aromatic carbocycles. The van der Waals surface area contributed by atoms with Crippen molar-refractivity contribution >= 4 is 29.2 Å². The Balaban J connectivity index is 0.000000401. The monoisotopic (exact) mass is 444 g/mol. The molecule has 2 N–H and O–H groups in total. The number of aromatic nitrogens is 2. The van der Waals surface area contributed by atoms with E-state index in [0.717, 1.165) is 24.2 Å². The second kappa shape index (κ2) is 10.5. The Morgan fingerprint density at radius 3 is 2.26 bits per heavy atom. The summed E-state index contributed by atoms with van der Waals surface area (Å²) in [6, 6.07) is 11.4. The summed E-state index contributed by atoms with van der Waals surface area (Å²) in [6.45, 7) is 3.63. The Labute approximate surface area is 181 Å². The van der Waals surface area contributed by atoms with Gasteiger partial charge in [0.1, 0.15) is 0 Å². The summed E-state index contributed by atoms with van der Waals surface area (Å²) in [7, 11) is 0. The Kier molecular flexibility index (Phi) is 7.46. The normalized spacial score (nSPS) is 13.9. The zero-order valence-electron chi connectivity index (χ0n) is 16.4. The molecule has 0 atom stereocenters. The van der Waals surface area contributed by atoms with Crippen LogP contribution in [0.15, 0.2) is 51.7 Å². The molecule has 1 saturated heterocycles. The lowest BCUT2D eigenvalue weighted by atomic mass is 10.2. The summed E-state index contributed by atoms with van der Waals surface area (Å²) in [4.78, 5) is 39.3. The highest BCUT2D eigenvalue weighted by Gasteiger charge is 2.23. The molecule has 3 aromatic rings. The minimum atomic E-state index is -1.82. The fraction of sp³-hybridized carbons (Fsp3) is 0.250. The van der Waals surface area contributed by atoms with Gasteiger partial charge >= 0.3 is 11.9 Å². The highest BCUT2D eigenvalue weighted by Crippen LogP contribution is 2.19. The van der Waals surface area contributed by atoms with Crippen LogP contribution >= 0.6 is 11.3 Å². The lowest BCUT2D eigenvalue weighted by molar-refractivity contribution is -0.159. The predicted molar refractivity (Wildman–Crippen MR) is 111 cm³/mol. The van der Waals surface area contributed by atoms with Gasteiger partial charge in [0.2, 0.25) is 11.7 Å². The van der Waals surface area contributed by atoms with Crippen LogP contribution in [0.5, 0.6) is 0 Å². The Bertz CT molecular complexity index is 1000. The Morgan fingerprint density at radius 2 is 1.68 bits per heavy atom. The third kappa shape index (κ3) is 6.20. The number of piperazine rings is 1. The van der Waals surface area contributed by atoms with Crippen molar-refractivity contribution in [1.82, 2.24) is 19.9 Å². The number of carbonyl (C=O) groups excluding carboxylic acids is 1. The third-order valence-electron chi connectivity index (χ3n) is 4.47. The first kappa shape index (κ1) is 22.1. The van der Waals surface area contributed by atoms with E-state index in [-0.39, 0.29) is 5.91 Å². The van der Waals surface area contributed by atoms with Gasteiger partial charge in [-0.25, -0.2) is 9.59 Å². The van der Waals surface area contributed by atoms with Gasteiger partial charge in [-0.1, -0.05) is 23.4 Å². The van der Waals surface area contributed by atoms with Crippen molar-refractivity contribution in [2.75, 3.05) is 26.2 Å². The van der Waals surface area contributed by atoms with Gasteiger partial charge in [0.05, 0.1) is 6.54 Å². The van der Waals surface area contributed by atoms with Crippen molar-refractivity contribution in [3.05, 3.63) is 58.6 Å². The van der Waals surface area contributed by atoms with E-state index < -0.39 is 11.9 Å². The molecule has 11 heteroatoms. The molecule has 162 valence electrons. The van der Waals surface area contributed by atoms with Gasteiger partial charge in [-0.3, -0.25) is 9.69 Å². The lowest BCUT2D eigenvalue weighted by Crippen LogP contribution is -2.48. The van der Waals surface area contributed by atoms with Crippen molar-refractivity contribution in [1.29, 1.82) is 0 Å². The molecule has 10 nitrogen and oxygen atoms in total. The van der Waals surface area contributed by atoms with Crippen molar-refractivity contribution in [3.8, 4) is 11.4 Å².